The van der Waals surface area contributed by atoms with Crippen LogP contribution in [0.3, 0.4) is 0 Å². The lowest BCUT2D eigenvalue weighted by Gasteiger charge is -2.24. The Morgan fingerprint density at radius 2 is 2.00 bits per heavy atom. The van der Waals surface area contributed by atoms with E-state index in [4.69, 9.17) is 16.3 Å². The third kappa shape index (κ3) is 3.13. The summed E-state index contributed by atoms with van der Waals surface area (Å²) >= 11 is 6.03. The molecule has 1 aromatic rings. The largest absolute Gasteiger partial charge is 0.504 e. The van der Waals surface area contributed by atoms with E-state index in [9.17, 15) is 9.90 Å². The van der Waals surface area contributed by atoms with E-state index in [0.717, 1.165) is 25.7 Å². The van der Waals surface area contributed by atoms with Crippen LogP contribution in [-0.2, 0) is 4.74 Å². The molecule has 0 heterocycles. The zero-order valence-corrected chi connectivity index (χ0v) is 11.6. The quantitative estimate of drug-likeness (QED) is 0.863. The number of hydrogen-bond donors (Lipinski definition) is 1. The third-order valence-electron chi connectivity index (χ3n) is 3.33. The van der Waals surface area contributed by atoms with E-state index in [1.807, 2.05) is 0 Å². The molecule has 0 atom stereocenters. The normalized spacial score (nSPS) is 16.1. The Kier molecular flexibility index (Phi) is 4.53. The van der Waals surface area contributed by atoms with Crippen LogP contribution >= 0.6 is 11.6 Å². The zero-order valence-electron chi connectivity index (χ0n) is 10.8. The van der Waals surface area contributed by atoms with E-state index in [-0.39, 0.29) is 23.2 Å². The van der Waals surface area contributed by atoms with Gasteiger partial charge in [-0.15, -0.1) is 0 Å². The van der Waals surface area contributed by atoms with E-state index in [1.165, 1.54) is 25.7 Å². The van der Waals surface area contributed by atoms with Gasteiger partial charge in [0.25, 0.3) is 0 Å². The molecule has 1 saturated carbocycles. The fourth-order valence-corrected chi connectivity index (χ4v) is 2.48. The van der Waals surface area contributed by atoms with Gasteiger partial charge in [0.1, 0.15) is 5.56 Å². The van der Waals surface area contributed by atoms with Crippen molar-refractivity contribution >= 4 is 17.6 Å². The first-order chi connectivity index (χ1) is 9.13. The monoisotopic (exact) mass is 284 g/mol. The van der Waals surface area contributed by atoms with Crippen molar-refractivity contribution in [3.05, 3.63) is 22.7 Å². The van der Waals surface area contributed by atoms with E-state index in [1.54, 1.807) is 0 Å². The van der Waals surface area contributed by atoms with Crippen molar-refractivity contribution in [3.63, 3.8) is 0 Å². The van der Waals surface area contributed by atoms with Crippen molar-refractivity contribution in [2.45, 2.75) is 38.2 Å². The summed E-state index contributed by atoms with van der Waals surface area (Å²) in [6.07, 6.45) is 5.36. The molecule has 0 aliphatic heterocycles. The maximum Gasteiger partial charge on any atom is 0.341 e. The molecular formula is C14H17ClO4. The Hall–Kier alpha value is -1.42. The minimum Gasteiger partial charge on any atom is -0.504 e. The average molecular weight is 285 g/mol. The number of esters is 1. The van der Waals surface area contributed by atoms with Gasteiger partial charge in [-0.05, 0) is 37.8 Å². The van der Waals surface area contributed by atoms with Crippen LogP contribution < -0.4 is 4.74 Å². The predicted molar refractivity (Wildman–Crippen MR) is 72.0 cm³/mol. The van der Waals surface area contributed by atoms with Gasteiger partial charge in [-0.25, -0.2) is 4.79 Å². The van der Waals surface area contributed by atoms with Gasteiger partial charge in [-0.3, -0.25) is 0 Å². The second-order valence-electron chi connectivity index (χ2n) is 4.64. The molecule has 1 aromatic carbocycles. The van der Waals surface area contributed by atoms with Crippen molar-refractivity contribution in [3.8, 4) is 11.5 Å². The average Bonchev–Trinajstić information content (AvgIpc) is 2.44. The zero-order chi connectivity index (χ0) is 13.8. The molecule has 2 rings (SSSR count). The summed E-state index contributed by atoms with van der Waals surface area (Å²) in [5.74, 6) is -0.677. The van der Waals surface area contributed by atoms with Crippen molar-refractivity contribution in [1.82, 2.24) is 0 Å². The molecule has 0 unspecified atom stereocenters. The Morgan fingerprint density at radius 3 is 2.63 bits per heavy atom. The predicted octanol–water partition coefficient (Wildman–Crippen LogP) is 3.54. The minimum absolute atomic E-state index is 0.0463. The summed E-state index contributed by atoms with van der Waals surface area (Å²) in [6, 6.07) is 2.96. The summed E-state index contributed by atoms with van der Waals surface area (Å²) in [5, 5.41) is 10.4. The van der Waals surface area contributed by atoms with Crippen LogP contribution in [0.25, 0.3) is 0 Å². The van der Waals surface area contributed by atoms with Gasteiger partial charge in [0.15, 0.2) is 11.5 Å². The summed E-state index contributed by atoms with van der Waals surface area (Å²) in [4.78, 5) is 11.5. The van der Waals surface area contributed by atoms with Gasteiger partial charge in [0.05, 0.1) is 18.2 Å². The van der Waals surface area contributed by atoms with E-state index in [0.29, 0.717) is 5.02 Å². The molecule has 0 amide bonds. The lowest BCUT2D eigenvalue weighted by molar-refractivity contribution is 0.0595. The topological polar surface area (TPSA) is 55.8 Å². The molecule has 4 nitrogen and oxygen atoms in total. The molecule has 0 aromatic heterocycles. The maximum atomic E-state index is 11.5. The number of carbonyl (C=O) groups excluding carboxylic acids is 1. The van der Waals surface area contributed by atoms with Gasteiger partial charge >= 0.3 is 5.97 Å². The molecular weight excluding hydrogens is 268 g/mol. The Morgan fingerprint density at radius 1 is 1.32 bits per heavy atom. The number of hydrogen-bond acceptors (Lipinski definition) is 4. The standard InChI is InChI=1S/C14H17ClO4/c1-18-14(17)10-7-8-11(15)13(12(10)16)19-9-5-3-2-4-6-9/h7-9,16H,2-6H2,1H3. The summed E-state index contributed by atoms with van der Waals surface area (Å²) in [7, 11) is 1.26. The second-order valence-corrected chi connectivity index (χ2v) is 5.05. The smallest absolute Gasteiger partial charge is 0.341 e. The lowest BCUT2D eigenvalue weighted by Crippen LogP contribution is -2.20. The highest BCUT2D eigenvalue weighted by Gasteiger charge is 2.22. The summed E-state index contributed by atoms with van der Waals surface area (Å²) < 4.78 is 10.4. The first kappa shape index (κ1) is 14.0. The molecule has 0 bridgehead atoms. The van der Waals surface area contributed by atoms with Crippen LogP contribution in [-0.4, -0.2) is 24.3 Å². The fourth-order valence-electron chi connectivity index (χ4n) is 2.28. The Labute approximate surface area is 117 Å². The number of phenolic OH excluding ortho intramolecular Hbond substituents is 1. The van der Waals surface area contributed by atoms with Crippen molar-refractivity contribution in [2.24, 2.45) is 0 Å². The molecule has 1 aliphatic rings. The molecule has 0 radical (unpaired) electrons. The molecule has 5 heteroatoms. The molecule has 0 saturated heterocycles. The molecule has 1 fully saturated rings. The number of rotatable bonds is 3. The van der Waals surface area contributed by atoms with Crippen molar-refractivity contribution < 1.29 is 19.4 Å². The summed E-state index contributed by atoms with van der Waals surface area (Å²) in [5.41, 5.74) is 0.0673. The number of aromatic hydroxyl groups is 1. The van der Waals surface area contributed by atoms with Crippen LogP contribution in [0.2, 0.25) is 5.02 Å². The number of benzene rings is 1. The van der Waals surface area contributed by atoms with E-state index in [2.05, 4.69) is 4.74 Å². The van der Waals surface area contributed by atoms with Gasteiger partial charge in [-0.2, -0.15) is 0 Å². The Balaban J connectivity index is 2.25. The van der Waals surface area contributed by atoms with Crippen LogP contribution in [0, 0.1) is 0 Å². The SMILES string of the molecule is COC(=O)c1ccc(Cl)c(OC2CCCCC2)c1O. The number of ether oxygens (including phenoxy) is 2. The van der Waals surface area contributed by atoms with Crippen molar-refractivity contribution in [2.75, 3.05) is 7.11 Å². The maximum absolute atomic E-state index is 11.5. The highest BCUT2D eigenvalue weighted by Crippen LogP contribution is 2.39. The van der Waals surface area contributed by atoms with Crippen LogP contribution in [0.1, 0.15) is 42.5 Å². The molecule has 1 aliphatic carbocycles. The number of halogens is 1. The van der Waals surface area contributed by atoms with Crippen LogP contribution in [0.15, 0.2) is 12.1 Å². The molecule has 104 valence electrons. The first-order valence-electron chi connectivity index (χ1n) is 6.40. The number of methoxy groups -OCH3 is 1. The van der Waals surface area contributed by atoms with Crippen molar-refractivity contribution in [1.29, 1.82) is 0 Å². The van der Waals surface area contributed by atoms with Gasteiger partial charge in [0, 0.05) is 0 Å². The van der Waals surface area contributed by atoms with Crippen LogP contribution in [0.5, 0.6) is 11.5 Å². The van der Waals surface area contributed by atoms with E-state index < -0.39 is 5.97 Å². The van der Waals surface area contributed by atoms with E-state index >= 15 is 0 Å². The van der Waals surface area contributed by atoms with Gasteiger partial charge < -0.3 is 14.6 Å². The summed E-state index contributed by atoms with van der Waals surface area (Å²) in [6.45, 7) is 0. The number of carbonyl (C=O) groups is 1. The van der Waals surface area contributed by atoms with Gasteiger partial charge in [-0.1, -0.05) is 18.0 Å². The number of phenols is 1. The van der Waals surface area contributed by atoms with Gasteiger partial charge in [0.2, 0.25) is 0 Å². The lowest BCUT2D eigenvalue weighted by atomic mass is 9.98. The second kappa shape index (κ2) is 6.15. The first-order valence-corrected chi connectivity index (χ1v) is 6.77. The third-order valence-corrected chi connectivity index (χ3v) is 3.62. The highest BCUT2D eigenvalue weighted by molar-refractivity contribution is 6.32. The molecule has 1 N–H and O–H groups in total. The minimum atomic E-state index is -0.609. The van der Waals surface area contributed by atoms with Crippen LogP contribution in [0.4, 0.5) is 0 Å². The Bertz CT molecular complexity index is 467. The highest BCUT2D eigenvalue weighted by atomic mass is 35.5. The fraction of sp³-hybridized carbons (Fsp3) is 0.500. The molecule has 19 heavy (non-hydrogen) atoms. The molecule has 0 spiro atoms.